The van der Waals surface area contributed by atoms with Crippen LogP contribution in [-0.4, -0.2) is 34.3 Å². The van der Waals surface area contributed by atoms with Gasteiger partial charge < -0.3 is 15.2 Å². The smallest absolute Gasteiger partial charge is 0.210 e. The van der Waals surface area contributed by atoms with Crippen LogP contribution >= 0.6 is 23.1 Å². The van der Waals surface area contributed by atoms with Crippen LogP contribution < -0.4 is 10.1 Å². The van der Waals surface area contributed by atoms with Gasteiger partial charge in [-0.2, -0.15) is 0 Å². The van der Waals surface area contributed by atoms with Gasteiger partial charge in [0.05, 0.1) is 12.3 Å². The largest absolute Gasteiger partial charge is 0.492 e. The maximum absolute atomic E-state index is 8.74. The molecule has 5 nitrogen and oxygen atoms in total. The summed E-state index contributed by atoms with van der Waals surface area (Å²) in [6.45, 7) is 2.87. The highest BCUT2D eigenvalue weighted by atomic mass is 32.2. The van der Waals surface area contributed by atoms with Gasteiger partial charge in [-0.1, -0.05) is 41.7 Å². The van der Waals surface area contributed by atoms with Gasteiger partial charge in [-0.25, -0.2) is 0 Å². The van der Waals surface area contributed by atoms with E-state index in [1.807, 2.05) is 31.2 Å². The topological polar surface area (TPSA) is 67.3 Å². The summed E-state index contributed by atoms with van der Waals surface area (Å²) in [5, 5.41) is 21.1. The molecule has 2 rings (SSSR count). The molecule has 0 bridgehead atoms. The monoisotopic (exact) mass is 339 g/mol. The predicted octanol–water partition coefficient (Wildman–Crippen LogP) is 3.94. The number of aliphatic hydroxyl groups is 1. The van der Waals surface area contributed by atoms with Crippen molar-refractivity contribution < 1.29 is 9.84 Å². The molecule has 2 N–H and O–H groups in total. The Kier molecular flexibility index (Phi) is 7.48. The van der Waals surface area contributed by atoms with Crippen LogP contribution in [0.15, 0.2) is 28.6 Å². The lowest BCUT2D eigenvalue weighted by molar-refractivity contribution is 0.284. The average molecular weight is 339 g/mol. The Morgan fingerprint density at radius 3 is 2.91 bits per heavy atom. The number of hydrogen-bond acceptors (Lipinski definition) is 7. The van der Waals surface area contributed by atoms with Crippen molar-refractivity contribution in [1.82, 2.24) is 10.2 Å². The van der Waals surface area contributed by atoms with Crippen molar-refractivity contribution in [3.05, 3.63) is 24.3 Å². The molecule has 120 valence electrons. The van der Waals surface area contributed by atoms with E-state index in [0.717, 1.165) is 45.9 Å². The fourth-order valence-electron chi connectivity index (χ4n) is 1.84. The quantitative estimate of drug-likeness (QED) is 0.505. The van der Waals surface area contributed by atoms with Gasteiger partial charge in [0.25, 0.3) is 0 Å². The Hall–Kier alpha value is -1.31. The lowest BCUT2D eigenvalue weighted by atomic mass is 10.3. The first kappa shape index (κ1) is 17.1. The number of ether oxygens (including phenoxy) is 1. The van der Waals surface area contributed by atoms with Crippen LogP contribution in [0.25, 0.3) is 0 Å². The van der Waals surface area contributed by atoms with Crippen LogP contribution in [0.1, 0.15) is 26.2 Å². The zero-order valence-electron chi connectivity index (χ0n) is 12.6. The molecule has 0 saturated heterocycles. The summed E-state index contributed by atoms with van der Waals surface area (Å²) in [6.07, 6.45) is 3.01. The molecular formula is C15H21N3O2S2. The normalized spacial score (nSPS) is 10.6. The fourth-order valence-corrected chi connectivity index (χ4v) is 3.67. The second-order valence-electron chi connectivity index (χ2n) is 4.56. The number of thioether (sulfide) groups is 1. The first-order chi connectivity index (χ1) is 10.8. The van der Waals surface area contributed by atoms with Gasteiger partial charge in [-0.15, -0.1) is 10.2 Å². The van der Waals surface area contributed by atoms with Gasteiger partial charge in [0, 0.05) is 12.4 Å². The minimum absolute atomic E-state index is 0.275. The Labute approximate surface area is 139 Å². The van der Waals surface area contributed by atoms with Crippen molar-refractivity contribution in [1.29, 1.82) is 0 Å². The van der Waals surface area contributed by atoms with Crippen molar-refractivity contribution in [3.63, 3.8) is 0 Å². The van der Waals surface area contributed by atoms with E-state index in [4.69, 9.17) is 9.84 Å². The zero-order valence-corrected chi connectivity index (χ0v) is 14.3. The van der Waals surface area contributed by atoms with Gasteiger partial charge in [0.1, 0.15) is 5.75 Å². The van der Waals surface area contributed by atoms with E-state index in [-0.39, 0.29) is 6.61 Å². The molecule has 0 aliphatic carbocycles. The van der Waals surface area contributed by atoms with Crippen molar-refractivity contribution in [2.24, 2.45) is 0 Å². The summed E-state index contributed by atoms with van der Waals surface area (Å²) in [4.78, 5) is 0. The summed E-state index contributed by atoms with van der Waals surface area (Å²) >= 11 is 3.25. The number of anilines is 2. The first-order valence-electron chi connectivity index (χ1n) is 7.39. The van der Waals surface area contributed by atoms with E-state index >= 15 is 0 Å². The third kappa shape index (κ3) is 5.47. The molecule has 2 aromatic rings. The van der Waals surface area contributed by atoms with Crippen LogP contribution in [0.5, 0.6) is 5.75 Å². The lowest BCUT2D eigenvalue weighted by Crippen LogP contribution is -1.97. The van der Waals surface area contributed by atoms with Gasteiger partial charge in [-0.3, -0.25) is 0 Å². The lowest BCUT2D eigenvalue weighted by Gasteiger charge is -2.09. The van der Waals surface area contributed by atoms with Crippen LogP contribution in [0.3, 0.4) is 0 Å². The third-order valence-electron chi connectivity index (χ3n) is 2.86. The molecule has 1 aromatic carbocycles. The standard InChI is InChI=1S/C15H21N3O2S2/c1-2-20-13-9-5-4-8-12(13)16-14-17-18-15(22-14)21-11-7-3-6-10-19/h4-5,8-9,19H,2-3,6-7,10-11H2,1H3,(H,16,17). The SMILES string of the molecule is CCOc1ccccc1Nc1nnc(SCCCCCO)s1. The number of aromatic nitrogens is 2. The van der Waals surface area contributed by atoms with Crippen LogP contribution in [0.4, 0.5) is 10.8 Å². The molecule has 0 fully saturated rings. The summed E-state index contributed by atoms with van der Waals surface area (Å²) < 4.78 is 6.55. The molecule has 0 saturated carbocycles. The van der Waals surface area contributed by atoms with E-state index in [1.54, 1.807) is 23.1 Å². The molecule has 1 heterocycles. The van der Waals surface area contributed by atoms with Crippen molar-refractivity contribution in [2.75, 3.05) is 24.3 Å². The first-order valence-corrected chi connectivity index (χ1v) is 9.19. The molecule has 0 spiro atoms. The third-order valence-corrected chi connectivity index (χ3v) is 4.92. The van der Waals surface area contributed by atoms with Crippen molar-refractivity contribution in [2.45, 2.75) is 30.5 Å². The number of benzene rings is 1. The minimum Gasteiger partial charge on any atom is -0.492 e. The number of rotatable bonds is 10. The summed E-state index contributed by atoms with van der Waals surface area (Å²) in [6, 6.07) is 7.81. The molecule has 0 atom stereocenters. The number of hydrogen-bond donors (Lipinski definition) is 2. The van der Waals surface area contributed by atoms with Crippen molar-refractivity contribution >= 4 is 33.9 Å². The molecular weight excluding hydrogens is 318 g/mol. The highest BCUT2D eigenvalue weighted by Gasteiger charge is 2.08. The van der Waals surface area contributed by atoms with Crippen LogP contribution in [-0.2, 0) is 0 Å². The maximum atomic E-state index is 8.74. The minimum atomic E-state index is 0.275. The molecule has 1 aromatic heterocycles. The number of para-hydroxylation sites is 2. The van der Waals surface area contributed by atoms with Gasteiger partial charge >= 0.3 is 0 Å². The van der Waals surface area contributed by atoms with Gasteiger partial charge in [0.2, 0.25) is 5.13 Å². The summed E-state index contributed by atoms with van der Waals surface area (Å²) in [5.41, 5.74) is 0.903. The van der Waals surface area contributed by atoms with E-state index in [0.29, 0.717) is 6.61 Å². The van der Waals surface area contributed by atoms with Crippen LogP contribution in [0.2, 0.25) is 0 Å². The Balaban J connectivity index is 1.86. The molecule has 7 heteroatoms. The van der Waals surface area contributed by atoms with Crippen LogP contribution in [0, 0.1) is 0 Å². The Morgan fingerprint density at radius 2 is 2.09 bits per heavy atom. The van der Waals surface area contributed by atoms with E-state index in [9.17, 15) is 0 Å². The number of nitrogens with zero attached hydrogens (tertiary/aromatic N) is 2. The molecule has 0 aliphatic rings. The Morgan fingerprint density at radius 1 is 1.23 bits per heavy atom. The maximum Gasteiger partial charge on any atom is 0.210 e. The molecule has 22 heavy (non-hydrogen) atoms. The zero-order chi connectivity index (χ0) is 15.6. The fraction of sp³-hybridized carbons (Fsp3) is 0.467. The van der Waals surface area contributed by atoms with Gasteiger partial charge in [-0.05, 0) is 31.9 Å². The molecule has 0 unspecified atom stereocenters. The highest BCUT2D eigenvalue weighted by Crippen LogP contribution is 2.31. The van der Waals surface area contributed by atoms with E-state index < -0.39 is 0 Å². The number of nitrogens with one attached hydrogen (secondary N) is 1. The highest BCUT2D eigenvalue weighted by molar-refractivity contribution is 8.01. The average Bonchev–Trinajstić information content (AvgIpc) is 2.97. The Bertz CT molecular complexity index is 563. The summed E-state index contributed by atoms with van der Waals surface area (Å²) in [7, 11) is 0. The van der Waals surface area contributed by atoms with E-state index in [2.05, 4.69) is 15.5 Å². The molecule has 0 radical (unpaired) electrons. The van der Waals surface area contributed by atoms with Gasteiger partial charge in [0.15, 0.2) is 4.34 Å². The summed E-state index contributed by atoms with van der Waals surface area (Å²) in [5.74, 6) is 1.82. The second kappa shape index (κ2) is 9.66. The van der Waals surface area contributed by atoms with E-state index in [1.165, 1.54) is 0 Å². The second-order valence-corrected chi connectivity index (χ2v) is 6.88. The van der Waals surface area contributed by atoms with Crippen molar-refractivity contribution in [3.8, 4) is 5.75 Å². The predicted molar refractivity (Wildman–Crippen MR) is 92.5 cm³/mol. The number of aliphatic hydroxyl groups excluding tert-OH is 1. The molecule has 0 aliphatic heterocycles. The number of unbranched alkanes of at least 4 members (excludes halogenated alkanes) is 2. The molecule has 0 amide bonds.